The molecule has 3 heterocycles. The van der Waals surface area contributed by atoms with Crippen molar-refractivity contribution in [2.45, 2.75) is 18.4 Å². The summed E-state index contributed by atoms with van der Waals surface area (Å²) in [5, 5.41) is 7.70. The molecule has 1 aliphatic heterocycles. The Kier molecular flexibility index (Phi) is 2.89. The van der Waals surface area contributed by atoms with Crippen LogP contribution in [0, 0.1) is 0 Å². The van der Waals surface area contributed by atoms with Gasteiger partial charge in [-0.2, -0.15) is 5.10 Å². The van der Waals surface area contributed by atoms with Crippen molar-refractivity contribution in [2.75, 3.05) is 25.1 Å². The van der Waals surface area contributed by atoms with Crippen LogP contribution < -0.4 is 11.1 Å². The second kappa shape index (κ2) is 4.55. The number of hydrogen-bond acceptors (Lipinski definition) is 5. The molecule has 0 bridgehead atoms. The van der Waals surface area contributed by atoms with Gasteiger partial charge in [-0.1, -0.05) is 0 Å². The molecule has 18 heavy (non-hydrogen) atoms. The molecule has 6 heteroatoms. The van der Waals surface area contributed by atoms with Gasteiger partial charge in [0.15, 0.2) is 5.82 Å². The molecule has 1 fully saturated rings. The monoisotopic (exact) mass is 247 g/mol. The first-order valence-electron chi connectivity index (χ1n) is 6.17. The fourth-order valence-electron chi connectivity index (χ4n) is 2.35. The molecular weight excluding hydrogens is 230 g/mol. The van der Waals surface area contributed by atoms with E-state index in [1.807, 2.05) is 12.3 Å². The number of nitrogens with zero attached hydrogens (tertiary/aromatic N) is 3. The van der Waals surface area contributed by atoms with E-state index in [0.29, 0.717) is 6.54 Å². The van der Waals surface area contributed by atoms with Crippen molar-refractivity contribution in [3.63, 3.8) is 0 Å². The molecule has 96 valence electrons. The maximum Gasteiger partial charge on any atom is 0.152 e. The lowest BCUT2D eigenvalue weighted by atomic mass is 9.90. The quantitative estimate of drug-likeness (QED) is 0.832. The highest BCUT2D eigenvalue weighted by Crippen LogP contribution is 2.26. The van der Waals surface area contributed by atoms with Crippen molar-refractivity contribution in [1.82, 2.24) is 14.6 Å². The zero-order valence-corrected chi connectivity index (χ0v) is 10.2. The Labute approximate surface area is 105 Å². The standard InChI is InChI=1S/C12H17N5O/c13-9-12(2-7-18-8-3-12)16-11-10-1-4-15-17(10)6-5-14-11/h1,4-6H,2-3,7-9,13H2,(H,14,16). The number of aromatic nitrogens is 3. The van der Waals surface area contributed by atoms with E-state index in [-0.39, 0.29) is 5.54 Å². The molecule has 0 saturated carbocycles. The SMILES string of the molecule is NCC1(Nc2nccn3nccc23)CCOCC1. The van der Waals surface area contributed by atoms with Gasteiger partial charge in [0.2, 0.25) is 0 Å². The Morgan fingerprint density at radius 3 is 3.00 bits per heavy atom. The average molecular weight is 247 g/mol. The minimum Gasteiger partial charge on any atom is -0.381 e. The van der Waals surface area contributed by atoms with Gasteiger partial charge < -0.3 is 15.8 Å². The number of nitrogens with one attached hydrogen (secondary N) is 1. The van der Waals surface area contributed by atoms with Gasteiger partial charge in [-0.05, 0) is 18.9 Å². The van der Waals surface area contributed by atoms with Gasteiger partial charge in [0.05, 0.1) is 11.7 Å². The predicted octanol–water partition coefficient (Wildman–Crippen LogP) is 0.649. The number of fused-ring (bicyclic) bond motifs is 1. The molecule has 0 aromatic carbocycles. The zero-order valence-electron chi connectivity index (χ0n) is 10.2. The van der Waals surface area contributed by atoms with Crippen LogP contribution in [0.4, 0.5) is 5.82 Å². The molecule has 3 rings (SSSR count). The third-order valence-corrected chi connectivity index (χ3v) is 3.55. The maximum atomic E-state index is 5.94. The largest absolute Gasteiger partial charge is 0.381 e. The summed E-state index contributed by atoms with van der Waals surface area (Å²) in [5.41, 5.74) is 6.79. The Bertz CT molecular complexity index is 532. The Hall–Kier alpha value is -1.66. The minimum atomic E-state index is -0.114. The fourth-order valence-corrected chi connectivity index (χ4v) is 2.35. The predicted molar refractivity (Wildman–Crippen MR) is 68.4 cm³/mol. The summed E-state index contributed by atoms with van der Waals surface area (Å²) < 4.78 is 7.21. The van der Waals surface area contributed by atoms with Gasteiger partial charge >= 0.3 is 0 Å². The molecule has 0 spiro atoms. The molecule has 1 saturated heterocycles. The summed E-state index contributed by atoms with van der Waals surface area (Å²) in [7, 11) is 0. The van der Waals surface area contributed by atoms with Crippen molar-refractivity contribution in [3.05, 3.63) is 24.7 Å². The van der Waals surface area contributed by atoms with E-state index in [0.717, 1.165) is 37.4 Å². The van der Waals surface area contributed by atoms with Crippen LogP contribution in [-0.2, 0) is 4.74 Å². The molecule has 3 N–H and O–H groups in total. The maximum absolute atomic E-state index is 5.94. The van der Waals surface area contributed by atoms with E-state index in [1.54, 1.807) is 16.9 Å². The third-order valence-electron chi connectivity index (χ3n) is 3.55. The summed E-state index contributed by atoms with van der Waals surface area (Å²) in [6, 6.07) is 1.94. The van der Waals surface area contributed by atoms with Crippen molar-refractivity contribution < 1.29 is 4.74 Å². The Balaban J connectivity index is 1.92. The topological polar surface area (TPSA) is 77.5 Å². The molecular formula is C12H17N5O. The lowest BCUT2D eigenvalue weighted by Gasteiger charge is -2.37. The number of rotatable bonds is 3. The first-order valence-corrected chi connectivity index (χ1v) is 6.17. The Morgan fingerprint density at radius 1 is 1.39 bits per heavy atom. The van der Waals surface area contributed by atoms with Crippen LogP contribution in [-0.4, -0.2) is 39.9 Å². The van der Waals surface area contributed by atoms with Crippen LogP contribution in [0.25, 0.3) is 5.52 Å². The molecule has 1 aliphatic rings. The Morgan fingerprint density at radius 2 is 2.22 bits per heavy atom. The van der Waals surface area contributed by atoms with Crippen molar-refractivity contribution in [3.8, 4) is 0 Å². The molecule has 0 amide bonds. The normalized spacial score (nSPS) is 18.9. The van der Waals surface area contributed by atoms with E-state index >= 15 is 0 Å². The number of nitrogens with two attached hydrogens (primary N) is 1. The number of hydrogen-bond donors (Lipinski definition) is 2. The highest BCUT2D eigenvalue weighted by atomic mass is 16.5. The summed E-state index contributed by atoms with van der Waals surface area (Å²) in [6.45, 7) is 2.06. The van der Waals surface area contributed by atoms with Gasteiger partial charge in [-0.3, -0.25) is 0 Å². The van der Waals surface area contributed by atoms with E-state index in [4.69, 9.17) is 10.5 Å². The summed E-state index contributed by atoms with van der Waals surface area (Å²) in [6.07, 6.45) is 7.15. The van der Waals surface area contributed by atoms with Crippen LogP contribution >= 0.6 is 0 Å². The van der Waals surface area contributed by atoms with Crippen LogP contribution in [0.15, 0.2) is 24.7 Å². The molecule has 2 aromatic rings. The van der Waals surface area contributed by atoms with Crippen LogP contribution in [0.3, 0.4) is 0 Å². The third kappa shape index (κ3) is 1.93. The lowest BCUT2D eigenvalue weighted by Crippen LogP contribution is -2.49. The van der Waals surface area contributed by atoms with Gasteiger partial charge in [0.1, 0.15) is 5.52 Å². The van der Waals surface area contributed by atoms with Gasteiger partial charge in [-0.25, -0.2) is 9.50 Å². The van der Waals surface area contributed by atoms with Crippen molar-refractivity contribution in [1.29, 1.82) is 0 Å². The fraction of sp³-hybridized carbons (Fsp3) is 0.500. The summed E-state index contributed by atoms with van der Waals surface area (Å²) in [4.78, 5) is 4.40. The highest BCUT2D eigenvalue weighted by molar-refractivity contribution is 5.67. The molecule has 0 aliphatic carbocycles. The van der Waals surface area contributed by atoms with Gasteiger partial charge in [0.25, 0.3) is 0 Å². The van der Waals surface area contributed by atoms with Crippen molar-refractivity contribution in [2.24, 2.45) is 5.73 Å². The smallest absolute Gasteiger partial charge is 0.152 e. The first kappa shape index (κ1) is 11.4. The molecule has 0 atom stereocenters. The van der Waals surface area contributed by atoms with Gasteiger partial charge in [0, 0.05) is 32.2 Å². The molecule has 6 nitrogen and oxygen atoms in total. The summed E-state index contributed by atoms with van der Waals surface area (Å²) in [5.74, 6) is 0.836. The zero-order chi connectivity index (χ0) is 12.4. The van der Waals surface area contributed by atoms with E-state index in [9.17, 15) is 0 Å². The highest BCUT2D eigenvalue weighted by Gasteiger charge is 2.31. The van der Waals surface area contributed by atoms with E-state index in [1.165, 1.54) is 0 Å². The van der Waals surface area contributed by atoms with E-state index in [2.05, 4.69) is 15.4 Å². The lowest BCUT2D eigenvalue weighted by molar-refractivity contribution is 0.0627. The second-order valence-corrected chi connectivity index (χ2v) is 4.66. The number of ether oxygens (including phenoxy) is 1. The molecule has 0 radical (unpaired) electrons. The van der Waals surface area contributed by atoms with Crippen LogP contribution in [0.5, 0.6) is 0 Å². The average Bonchev–Trinajstić information content (AvgIpc) is 2.89. The van der Waals surface area contributed by atoms with E-state index < -0.39 is 0 Å². The second-order valence-electron chi connectivity index (χ2n) is 4.66. The van der Waals surface area contributed by atoms with Crippen LogP contribution in [0.1, 0.15) is 12.8 Å². The minimum absolute atomic E-state index is 0.114. The molecule has 0 unspecified atom stereocenters. The first-order chi connectivity index (χ1) is 8.83. The summed E-state index contributed by atoms with van der Waals surface area (Å²) >= 11 is 0. The van der Waals surface area contributed by atoms with Gasteiger partial charge in [-0.15, -0.1) is 0 Å². The van der Waals surface area contributed by atoms with Crippen LogP contribution in [0.2, 0.25) is 0 Å². The number of anilines is 1. The van der Waals surface area contributed by atoms with Crippen molar-refractivity contribution >= 4 is 11.3 Å². The molecule has 2 aromatic heterocycles.